The molecular weight excluding hydrogens is 695 g/mol. The summed E-state index contributed by atoms with van der Waals surface area (Å²) in [5.41, 5.74) is 5.17. The van der Waals surface area contributed by atoms with Crippen LogP contribution in [0.5, 0.6) is 11.5 Å². The number of carbonyl (C=O) groups excluding carboxylic acids is 2. The Bertz CT molecular complexity index is 1590. The lowest BCUT2D eigenvalue weighted by Crippen LogP contribution is -2.48. The highest BCUT2D eigenvalue weighted by molar-refractivity contribution is 14.1. The van der Waals surface area contributed by atoms with Crippen LogP contribution in [0.2, 0.25) is 0 Å². The van der Waals surface area contributed by atoms with Gasteiger partial charge in [-0.2, -0.15) is 0 Å². The summed E-state index contributed by atoms with van der Waals surface area (Å²) < 4.78 is 12.9. The summed E-state index contributed by atoms with van der Waals surface area (Å²) in [5, 5.41) is 11.1. The lowest BCUT2D eigenvalue weighted by molar-refractivity contribution is -0.384. The number of non-ortho nitro benzene ring substituents is 1. The molecule has 1 heterocycles. The zero-order valence-corrected chi connectivity index (χ0v) is 29.6. The molecule has 0 amide bonds. The van der Waals surface area contributed by atoms with Crippen LogP contribution in [0.4, 0.5) is 5.69 Å². The highest BCUT2D eigenvalue weighted by Crippen LogP contribution is 2.56. The largest absolute Gasteiger partial charge is 0.493 e. The highest BCUT2D eigenvalue weighted by Gasteiger charge is 2.50. The maximum absolute atomic E-state index is 14.3. The first-order valence-corrected chi connectivity index (χ1v) is 17.4. The molecule has 0 saturated heterocycles. The van der Waals surface area contributed by atoms with Gasteiger partial charge in [-0.25, -0.2) is 0 Å². The predicted molar refractivity (Wildman–Crippen MR) is 185 cm³/mol. The molecule has 4 aliphatic rings. The van der Waals surface area contributed by atoms with E-state index in [1.807, 2.05) is 12.1 Å². The van der Waals surface area contributed by atoms with E-state index < -0.39 is 10.8 Å². The molecule has 2 aromatic rings. The van der Waals surface area contributed by atoms with E-state index in [1.165, 1.54) is 31.4 Å². The third kappa shape index (κ3) is 6.23. The van der Waals surface area contributed by atoms with E-state index in [0.29, 0.717) is 30.4 Å². The average Bonchev–Trinajstić information content (AvgIpc) is 2.98. The number of hydrogen-bond donors (Lipinski definition) is 0. The van der Waals surface area contributed by atoms with Crippen LogP contribution < -0.4 is 9.47 Å². The number of Topliss-reactive ketones (excluding diaryl/α,β-unsaturated/α-hetero) is 2. The fourth-order valence-corrected chi connectivity index (χ4v) is 8.81. The van der Waals surface area contributed by atoms with Crippen molar-refractivity contribution in [3.05, 3.63) is 83.7 Å². The third-order valence-electron chi connectivity index (χ3n) is 10.0. The minimum atomic E-state index is -0.455. The second-order valence-electron chi connectivity index (χ2n) is 14.9. The molecule has 1 fully saturated rings. The van der Waals surface area contributed by atoms with Crippen molar-refractivity contribution in [2.45, 2.75) is 104 Å². The minimum Gasteiger partial charge on any atom is -0.493 e. The van der Waals surface area contributed by atoms with Gasteiger partial charge in [-0.1, -0.05) is 47.0 Å². The van der Waals surface area contributed by atoms with Gasteiger partial charge in [0, 0.05) is 59.5 Å². The SMILES string of the molecule is COc1cc(C2C3=C(CC(C)(C)CC3=O)N(C3CCCCC3)C3=C2C(=O)CC(C)(C)C3)cc(I)c1OCc1ccc([N+](=O)[O-])cc1. The van der Waals surface area contributed by atoms with Crippen LogP contribution in [-0.4, -0.2) is 34.5 Å². The van der Waals surface area contributed by atoms with Crippen molar-refractivity contribution in [2.75, 3.05) is 7.11 Å². The Hall–Kier alpha value is -3.21. The molecule has 9 heteroatoms. The molecule has 1 saturated carbocycles. The fourth-order valence-electron chi connectivity index (χ4n) is 8.03. The van der Waals surface area contributed by atoms with Gasteiger partial charge in [0.05, 0.1) is 15.6 Å². The summed E-state index contributed by atoms with van der Waals surface area (Å²) in [4.78, 5) is 41.7. The summed E-state index contributed by atoms with van der Waals surface area (Å²) in [6.07, 6.45) is 8.23. The molecule has 3 aliphatic carbocycles. The summed E-state index contributed by atoms with van der Waals surface area (Å²) >= 11 is 2.24. The van der Waals surface area contributed by atoms with E-state index in [1.54, 1.807) is 19.2 Å². The Morgan fingerprint density at radius 2 is 1.46 bits per heavy atom. The van der Waals surface area contributed by atoms with Crippen LogP contribution in [-0.2, 0) is 16.2 Å². The number of nitro benzene ring substituents is 1. The van der Waals surface area contributed by atoms with Crippen LogP contribution in [0.15, 0.2) is 58.9 Å². The van der Waals surface area contributed by atoms with E-state index >= 15 is 0 Å². The summed E-state index contributed by atoms with van der Waals surface area (Å²) in [6.45, 7) is 8.95. The topological polar surface area (TPSA) is 99.0 Å². The summed E-state index contributed by atoms with van der Waals surface area (Å²) in [6, 6.07) is 10.6. The zero-order chi connectivity index (χ0) is 33.0. The quantitative estimate of drug-likeness (QED) is 0.159. The maximum atomic E-state index is 14.3. The second kappa shape index (κ2) is 12.4. The number of rotatable bonds is 7. The predicted octanol–water partition coefficient (Wildman–Crippen LogP) is 8.81. The lowest BCUT2D eigenvalue weighted by Gasteiger charge is -2.52. The molecule has 1 aliphatic heterocycles. The first-order chi connectivity index (χ1) is 21.8. The molecule has 46 heavy (non-hydrogen) atoms. The Kier molecular flexibility index (Phi) is 8.84. The first kappa shape index (κ1) is 32.7. The molecule has 0 radical (unpaired) electrons. The van der Waals surface area contributed by atoms with Crippen LogP contribution in [0.1, 0.15) is 103 Å². The Morgan fingerprint density at radius 3 is 1.98 bits per heavy atom. The van der Waals surface area contributed by atoms with E-state index in [0.717, 1.165) is 62.9 Å². The number of ketones is 2. The number of halogens is 1. The lowest BCUT2D eigenvalue weighted by atomic mass is 9.63. The number of allylic oxidation sites excluding steroid dienone is 4. The molecule has 0 atom stereocenters. The van der Waals surface area contributed by atoms with Gasteiger partial charge in [0.1, 0.15) is 6.61 Å². The number of hydrogen-bond acceptors (Lipinski definition) is 7. The molecular formula is C37H43IN2O6. The molecule has 0 bridgehead atoms. The maximum Gasteiger partial charge on any atom is 0.269 e. The number of nitro groups is 1. The minimum absolute atomic E-state index is 0.0263. The van der Waals surface area contributed by atoms with Crippen LogP contribution in [0.3, 0.4) is 0 Å². The van der Waals surface area contributed by atoms with Crippen molar-refractivity contribution >= 4 is 39.8 Å². The van der Waals surface area contributed by atoms with Gasteiger partial charge < -0.3 is 14.4 Å². The molecule has 2 aromatic carbocycles. The molecule has 0 N–H and O–H groups in total. The van der Waals surface area contributed by atoms with Crippen molar-refractivity contribution in [1.82, 2.24) is 4.90 Å². The van der Waals surface area contributed by atoms with Gasteiger partial charge in [-0.15, -0.1) is 0 Å². The van der Waals surface area contributed by atoms with E-state index in [2.05, 4.69) is 55.2 Å². The van der Waals surface area contributed by atoms with E-state index in [9.17, 15) is 19.7 Å². The molecule has 8 nitrogen and oxygen atoms in total. The Morgan fingerprint density at radius 1 is 0.891 bits per heavy atom. The molecule has 244 valence electrons. The standard InChI is InChI=1S/C37H43IN2O6/c1-36(2)17-27-33(29(41)19-36)32(34-28(18-37(3,4)20-30(34)42)39(27)24-9-7-6-8-10-24)23-15-26(38)35(31(16-23)45-5)46-21-22-11-13-25(14-12-22)40(43)44/h11-16,24,32H,6-10,17-21H2,1-5H3. The highest BCUT2D eigenvalue weighted by atomic mass is 127. The number of carbonyl (C=O) groups is 2. The van der Waals surface area contributed by atoms with Crippen molar-refractivity contribution < 1.29 is 24.0 Å². The summed E-state index contributed by atoms with van der Waals surface area (Å²) in [5.74, 6) is 0.890. The van der Waals surface area contributed by atoms with Crippen molar-refractivity contribution in [3.63, 3.8) is 0 Å². The first-order valence-electron chi connectivity index (χ1n) is 16.3. The number of methoxy groups -OCH3 is 1. The second-order valence-corrected chi connectivity index (χ2v) is 16.1. The summed E-state index contributed by atoms with van der Waals surface area (Å²) in [7, 11) is 1.59. The zero-order valence-electron chi connectivity index (χ0n) is 27.4. The van der Waals surface area contributed by atoms with Crippen molar-refractivity contribution in [2.24, 2.45) is 10.8 Å². The van der Waals surface area contributed by atoms with Gasteiger partial charge in [0.2, 0.25) is 0 Å². The van der Waals surface area contributed by atoms with Gasteiger partial charge in [-0.05, 0) is 94.5 Å². The van der Waals surface area contributed by atoms with Gasteiger partial charge in [0.15, 0.2) is 23.1 Å². The Labute approximate surface area is 284 Å². The molecule has 0 aromatic heterocycles. The van der Waals surface area contributed by atoms with Crippen LogP contribution in [0, 0.1) is 24.5 Å². The molecule has 0 spiro atoms. The van der Waals surface area contributed by atoms with Gasteiger partial charge in [0.25, 0.3) is 5.69 Å². The molecule has 6 rings (SSSR count). The van der Waals surface area contributed by atoms with Crippen molar-refractivity contribution in [3.8, 4) is 11.5 Å². The monoisotopic (exact) mass is 738 g/mol. The van der Waals surface area contributed by atoms with Crippen LogP contribution >= 0.6 is 22.6 Å². The smallest absolute Gasteiger partial charge is 0.269 e. The number of benzene rings is 2. The van der Waals surface area contributed by atoms with Crippen molar-refractivity contribution in [1.29, 1.82) is 0 Å². The van der Waals surface area contributed by atoms with Gasteiger partial charge in [-0.3, -0.25) is 19.7 Å². The molecule has 0 unspecified atom stereocenters. The van der Waals surface area contributed by atoms with Crippen LogP contribution in [0.25, 0.3) is 0 Å². The Balaban J connectivity index is 1.46. The third-order valence-corrected chi connectivity index (χ3v) is 10.8. The van der Waals surface area contributed by atoms with E-state index in [4.69, 9.17) is 9.47 Å². The fraction of sp³-hybridized carbons (Fsp3) is 0.514. The van der Waals surface area contributed by atoms with Gasteiger partial charge >= 0.3 is 0 Å². The van der Waals surface area contributed by atoms with E-state index in [-0.39, 0.29) is 34.7 Å². The average molecular weight is 739 g/mol. The number of nitrogens with zero attached hydrogens (tertiary/aromatic N) is 2. The number of ether oxygens (including phenoxy) is 2. The normalized spacial score (nSPS) is 21.7.